The molecule has 1 amide bonds. The van der Waals surface area contributed by atoms with Gasteiger partial charge in [-0.05, 0) is 29.5 Å². The van der Waals surface area contributed by atoms with Crippen molar-refractivity contribution in [1.29, 1.82) is 0 Å². The van der Waals surface area contributed by atoms with Gasteiger partial charge in [-0.1, -0.05) is 73.7 Å². The zero-order valence-corrected chi connectivity index (χ0v) is 13.6. The Morgan fingerprint density at radius 2 is 1.70 bits per heavy atom. The molecule has 0 N–H and O–H groups in total. The summed E-state index contributed by atoms with van der Waals surface area (Å²) < 4.78 is 0. The smallest absolute Gasteiger partial charge is 0.230 e. The molecular formula is C21H23NO. The normalized spacial score (nSPS) is 15.9. The third-order valence-corrected chi connectivity index (χ3v) is 4.57. The average Bonchev–Trinajstić information content (AvgIpc) is 2.64. The Morgan fingerprint density at radius 1 is 1.04 bits per heavy atom. The maximum absolute atomic E-state index is 12.9. The first-order valence-corrected chi connectivity index (χ1v) is 8.37. The minimum atomic E-state index is -0.0251. The summed E-state index contributed by atoms with van der Waals surface area (Å²) in [5.41, 5.74) is 3.75. The van der Waals surface area contributed by atoms with Crippen molar-refractivity contribution in [2.45, 2.75) is 25.7 Å². The van der Waals surface area contributed by atoms with E-state index in [0.29, 0.717) is 6.54 Å². The fourth-order valence-corrected chi connectivity index (χ4v) is 3.24. The fourth-order valence-electron chi connectivity index (χ4n) is 3.24. The standard InChI is InChI=1S/C21H23NO/c1-2-20(19-11-7-4-8-12-19)21(23)22-15-13-18(14-16-22)17-9-5-3-6-10-17/h3-13,20H,2,14-16H2,1H3. The molecule has 0 saturated heterocycles. The summed E-state index contributed by atoms with van der Waals surface area (Å²) in [4.78, 5) is 14.9. The summed E-state index contributed by atoms with van der Waals surface area (Å²) in [6.45, 7) is 3.61. The number of hydrogen-bond acceptors (Lipinski definition) is 1. The molecule has 0 radical (unpaired) electrons. The Labute approximate surface area is 138 Å². The van der Waals surface area contributed by atoms with Gasteiger partial charge in [-0.25, -0.2) is 0 Å². The molecule has 0 bridgehead atoms. The van der Waals surface area contributed by atoms with Crippen LogP contribution in [0.4, 0.5) is 0 Å². The van der Waals surface area contributed by atoms with E-state index in [1.54, 1.807) is 0 Å². The molecule has 23 heavy (non-hydrogen) atoms. The van der Waals surface area contributed by atoms with Crippen LogP contribution in [0.25, 0.3) is 5.57 Å². The highest BCUT2D eigenvalue weighted by molar-refractivity contribution is 5.84. The van der Waals surface area contributed by atoms with Crippen molar-refractivity contribution in [3.63, 3.8) is 0 Å². The van der Waals surface area contributed by atoms with Gasteiger partial charge in [-0.2, -0.15) is 0 Å². The van der Waals surface area contributed by atoms with Gasteiger partial charge < -0.3 is 4.90 Å². The number of amides is 1. The number of benzene rings is 2. The van der Waals surface area contributed by atoms with Gasteiger partial charge >= 0.3 is 0 Å². The van der Waals surface area contributed by atoms with Crippen LogP contribution in [-0.2, 0) is 4.79 Å². The molecule has 1 aliphatic heterocycles. The average molecular weight is 305 g/mol. The summed E-state index contributed by atoms with van der Waals surface area (Å²) >= 11 is 0. The summed E-state index contributed by atoms with van der Waals surface area (Å²) in [5.74, 6) is 0.227. The second kappa shape index (κ2) is 7.28. The van der Waals surface area contributed by atoms with E-state index < -0.39 is 0 Å². The molecule has 1 atom stereocenters. The van der Waals surface area contributed by atoms with Crippen LogP contribution in [-0.4, -0.2) is 23.9 Å². The van der Waals surface area contributed by atoms with E-state index in [9.17, 15) is 4.79 Å². The summed E-state index contributed by atoms with van der Waals surface area (Å²) in [6.07, 6.45) is 3.98. The third-order valence-electron chi connectivity index (χ3n) is 4.57. The summed E-state index contributed by atoms with van der Waals surface area (Å²) in [5, 5.41) is 0. The van der Waals surface area contributed by atoms with Crippen LogP contribution >= 0.6 is 0 Å². The lowest BCUT2D eigenvalue weighted by Crippen LogP contribution is -2.38. The van der Waals surface area contributed by atoms with Crippen molar-refractivity contribution in [3.8, 4) is 0 Å². The van der Waals surface area contributed by atoms with Gasteiger partial charge in [0.15, 0.2) is 0 Å². The highest BCUT2D eigenvalue weighted by atomic mass is 16.2. The first-order chi connectivity index (χ1) is 11.3. The molecule has 2 heteroatoms. The molecule has 1 aliphatic rings. The van der Waals surface area contributed by atoms with Gasteiger partial charge in [0.05, 0.1) is 5.92 Å². The Balaban J connectivity index is 1.71. The molecule has 3 rings (SSSR count). The van der Waals surface area contributed by atoms with Gasteiger partial charge in [-0.3, -0.25) is 4.79 Å². The zero-order chi connectivity index (χ0) is 16.1. The van der Waals surface area contributed by atoms with Crippen molar-refractivity contribution >= 4 is 11.5 Å². The monoisotopic (exact) mass is 305 g/mol. The quantitative estimate of drug-likeness (QED) is 0.814. The molecule has 2 nitrogen and oxygen atoms in total. The molecule has 1 unspecified atom stereocenters. The van der Waals surface area contributed by atoms with Crippen molar-refractivity contribution in [1.82, 2.24) is 4.90 Å². The highest BCUT2D eigenvalue weighted by Gasteiger charge is 2.25. The molecule has 2 aromatic carbocycles. The third kappa shape index (κ3) is 3.53. The predicted molar refractivity (Wildman–Crippen MR) is 95.1 cm³/mol. The number of rotatable bonds is 4. The molecule has 0 aliphatic carbocycles. The first kappa shape index (κ1) is 15.5. The molecule has 118 valence electrons. The van der Waals surface area contributed by atoms with E-state index in [4.69, 9.17) is 0 Å². The zero-order valence-electron chi connectivity index (χ0n) is 13.6. The lowest BCUT2D eigenvalue weighted by Gasteiger charge is -2.30. The van der Waals surface area contributed by atoms with Crippen molar-refractivity contribution < 1.29 is 4.79 Å². The van der Waals surface area contributed by atoms with Crippen molar-refractivity contribution in [2.75, 3.05) is 13.1 Å². The maximum atomic E-state index is 12.9. The van der Waals surface area contributed by atoms with E-state index >= 15 is 0 Å². The van der Waals surface area contributed by atoms with Gasteiger partial charge in [0.2, 0.25) is 5.91 Å². The lowest BCUT2D eigenvalue weighted by atomic mass is 9.93. The number of carbonyl (C=O) groups is 1. The van der Waals surface area contributed by atoms with Crippen LogP contribution < -0.4 is 0 Å². The fraction of sp³-hybridized carbons (Fsp3) is 0.286. The number of hydrogen-bond donors (Lipinski definition) is 0. The number of carbonyl (C=O) groups excluding carboxylic acids is 1. The van der Waals surface area contributed by atoms with Crippen molar-refractivity contribution in [3.05, 3.63) is 77.9 Å². The van der Waals surface area contributed by atoms with Crippen LogP contribution in [0, 0.1) is 0 Å². The van der Waals surface area contributed by atoms with Crippen LogP contribution in [0.15, 0.2) is 66.7 Å². The van der Waals surface area contributed by atoms with E-state index in [1.807, 2.05) is 29.2 Å². The Bertz CT molecular complexity index is 676. The Morgan fingerprint density at radius 3 is 2.26 bits per heavy atom. The SMILES string of the molecule is CCC(C(=O)N1CC=C(c2ccccc2)CC1)c1ccccc1. The van der Waals surface area contributed by atoms with Gasteiger partial charge in [0, 0.05) is 13.1 Å². The van der Waals surface area contributed by atoms with E-state index in [2.05, 4.69) is 49.4 Å². The minimum absolute atomic E-state index is 0.0251. The molecule has 0 spiro atoms. The van der Waals surface area contributed by atoms with Crippen LogP contribution in [0.1, 0.15) is 36.8 Å². The van der Waals surface area contributed by atoms with Crippen LogP contribution in [0.3, 0.4) is 0 Å². The first-order valence-electron chi connectivity index (χ1n) is 8.37. The van der Waals surface area contributed by atoms with Crippen LogP contribution in [0.2, 0.25) is 0 Å². The molecule has 0 aromatic heterocycles. The maximum Gasteiger partial charge on any atom is 0.230 e. The highest BCUT2D eigenvalue weighted by Crippen LogP contribution is 2.26. The topological polar surface area (TPSA) is 20.3 Å². The second-order valence-electron chi connectivity index (χ2n) is 6.00. The molecule has 1 heterocycles. The van der Waals surface area contributed by atoms with Gasteiger partial charge in [0.25, 0.3) is 0 Å². The summed E-state index contributed by atoms with van der Waals surface area (Å²) in [6, 6.07) is 20.6. The van der Waals surface area contributed by atoms with E-state index in [0.717, 1.165) is 24.9 Å². The summed E-state index contributed by atoms with van der Waals surface area (Å²) in [7, 11) is 0. The predicted octanol–water partition coefficient (Wildman–Crippen LogP) is 4.50. The van der Waals surface area contributed by atoms with Gasteiger partial charge in [-0.15, -0.1) is 0 Å². The van der Waals surface area contributed by atoms with E-state index in [1.165, 1.54) is 11.1 Å². The molecule has 0 saturated carbocycles. The molecule has 0 fully saturated rings. The van der Waals surface area contributed by atoms with Crippen molar-refractivity contribution in [2.24, 2.45) is 0 Å². The Kier molecular flexibility index (Phi) is 4.92. The molecular weight excluding hydrogens is 282 g/mol. The number of nitrogens with zero attached hydrogens (tertiary/aromatic N) is 1. The van der Waals surface area contributed by atoms with Crippen LogP contribution in [0.5, 0.6) is 0 Å². The largest absolute Gasteiger partial charge is 0.338 e. The van der Waals surface area contributed by atoms with E-state index in [-0.39, 0.29) is 11.8 Å². The minimum Gasteiger partial charge on any atom is -0.338 e. The van der Waals surface area contributed by atoms with Gasteiger partial charge in [0.1, 0.15) is 0 Å². The lowest BCUT2D eigenvalue weighted by molar-refractivity contribution is -0.132. The molecule has 2 aromatic rings. The Hall–Kier alpha value is -2.35. The second-order valence-corrected chi connectivity index (χ2v) is 6.00.